The Labute approximate surface area is 76.5 Å². The van der Waals surface area contributed by atoms with Crippen molar-refractivity contribution in [2.75, 3.05) is 6.61 Å². The Kier molecular flexibility index (Phi) is 3.16. The molecule has 0 aromatic heterocycles. The van der Waals surface area contributed by atoms with Crippen LogP contribution < -0.4 is 0 Å². The van der Waals surface area contributed by atoms with Gasteiger partial charge in [0.15, 0.2) is 0 Å². The molecule has 0 unspecified atom stereocenters. The van der Waals surface area contributed by atoms with Crippen molar-refractivity contribution in [1.29, 1.82) is 0 Å². The standard InChI is InChI=1S/C9H16O.C2H6/c1-7(2)3-9-4-8(5-9)10-6-9;1-2/h7-8H,3-6H2,1-2H3;1-2H3. The minimum Gasteiger partial charge on any atom is -0.378 e. The molecule has 3 rings (SSSR count). The monoisotopic (exact) mass is 170 g/mol. The highest BCUT2D eigenvalue weighted by Crippen LogP contribution is 2.53. The van der Waals surface area contributed by atoms with Crippen molar-refractivity contribution in [2.45, 2.75) is 53.1 Å². The van der Waals surface area contributed by atoms with Crippen LogP contribution in [0.2, 0.25) is 0 Å². The smallest absolute Gasteiger partial charge is 0.0587 e. The van der Waals surface area contributed by atoms with E-state index in [4.69, 9.17) is 4.74 Å². The topological polar surface area (TPSA) is 9.23 Å². The summed E-state index contributed by atoms with van der Waals surface area (Å²) in [6, 6.07) is 0. The summed E-state index contributed by atoms with van der Waals surface area (Å²) < 4.78 is 5.53. The van der Waals surface area contributed by atoms with Gasteiger partial charge in [-0.25, -0.2) is 0 Å². The van der Waals surface area contributed by atoms with Crippen LogP contribution in [-0.2, 0) is 4.74 Å². The minimum atomic E-state index is 0.638. The lowest BCUT2D eigenvalue weighted by atomic mass is 9.66. The summed E-state index contributed by atoms with van der Waals surface area (Å²) in [6.07, 6.45) is 4.73. The molecule has 3 fully saturated rings. The Morgan fingerprint density at radius 1 is 1.33 bits per heavy atom. The number of ether oxygens (including phenoxy) is 1. The second-order valence-corrected chi connectivity index (χ2v) is 4.44. The molecule has 2 aliphatic heterocycles. The van der Waals surface area contributed by atoms with E-state index in [1.807, 2.05) is 13.8 Å². The van der Waals surface area contributed by atoms with Crippen molar-refractivity contribution in [3.8, 4) is 0 Å². The van der Waals surface area contributed by atoms with Crippen LogP contribution in [0.4, 0.5) is 0 Å². The molecule has 0 aromatic rings. The molecular weight excluding hydrogens is 148 g/mol. The van der Waals surface area contributed by atoms with Gasteiger partial charge in [0.2, 0.25) is 0 Å². The third-order valence-corrected chi connectivity index (χ3v) is 2.79. The summed E-state index contributed by atoms with van der Waals surface area (Å²) in [5.74, 6) is 0.850. The highest BCUT2D eigenvalue weighted by atomic mass is 16.5. The van der Waals surface area contributed by atoms with Gasteiger partial charge in [-0.2, -0.15) is 0 Å². The zero-order chi connectivity index (χ0) is 9.19. The van der Waals surface area contributed by atoms with Gasteiger partial charge in [0.1, 0.15) is 0 Å². The molecule has 72 valence electrons. The fraction of sp³-hybridized carbons (Fsp3) is 1.00. The molecule has 2 bridgehead atoms. The Balaban J connectivity index is 0.000000336. The first-order valence-electron chi connectivity index (χ1n) is 5.32. The summed E-state index contributed by atoms with van der Waals surface area (Å²) in [6.45, 7) is 9.66. The van der Waals surface area contributed by atoms with E-state index in [0.717, 1.165) is 12.5 Å². The fourth-order valence-corrected chi connectivity index (χ4v) is 2.53. The second kappa shape index (κ2) is 3.78. The quantitative estimate of drug-likeness (QED) is 0.618. The van der Waals surface area contributed by atoms with E-state index in [2.05, 4.69) is 13.8 Å². The number of rotatable bonds is 2. The van der Waals surface area contributed by atoms with Gasteiger partial charge in [-0.1, -0.05) is 27.7 Å². The molecule has 0 atom stereocenters. The SMILES string of the molecule is CC.CC(C)CC12COC(C1)C2. The molecule has 0 N–H and O–H groups in total. The third kappa shape index (κ3) is 1.82. The number of fused-ring (bicyclic) bond motifs is 1. The van der Waals surface area contributed by atoms with Crippen LogP contribution in [0.1, 0.15) is 47.0 Å². The van der Waals surface area contributed by atoms with E-state index in [9.17, 15) is 0 Å². The Bertz CT molecular complexity index is 128. The molecule has 1 nitrogen and oxygen atoms in total. The Morgan fingerprint density at radius 3 is 2.25 bits per heavy atom. The molecule has 2 saturated heterocycles. The first-order valence-corrected chi connectivity index (χ1v) is 5.32. The van der Waals surface area contributed by atoms with Crippen LogP contribution in [0.25, 0.3) is 0 Å². The van der Waals surface area contributed by atoms with Crippen molar-refractivity contribution in [2.24, 2.45) is 11.3 Å². The lowest BCUT2D eigenvalue weighted by Crippen LogP contribution is -2.33. The minimum absolute atomic E-state index is 0.638. The van der Waals surface area contributed by atoms with Gasteiger partial charge < -0.3 is 4.74 Å². The average molecular weight is 170 g/mol. The van der Waals surface area contributed by atoms with Crippen LogP contribution in [-0.4, -0.2) is 12.7 Å². The van der Waals surface area contributed by atoms with Gasteiger partial charge >= 0.3 is 0 Å². The van der Waals surface area contributed by atoms with Crippen LogP contribution in [0.5, 0.6) is 0 Å². The molecule has 0 amide bonds. The largest absolute Gasteiger partial charge is 0.378 e. The normalized spacial score (nSPS) is 37.2. The highest BCUT2D eigenvalue weighted by molar-refractivity contribution is 5.00. The molecule has 0 aromatic carbocycles. The van der Waals surface area contributed by atoms with Crippen molar-refractivity contribution < 1.29 is 4.74 Å². The lowest BCUT2D eigenvalue weighted by Gasteiger charge is -2.36. The van der Waals surface area contributed by atoms with Crippen molar-refractivity contribution >= 4 is 0 Å². The Hall–Kier alpha value is -0.0400. The van der Waals surface area contributed by atoms with Crippen LogP contribution in [0, 0.1) is 11.3 Å². The van der Waals surface area contributed by atoms with E-state index in [0.29, 0.717) is 11.5 Å². The maximum atomic E-state index is 5.53. The average Bonchev–Trinajstić information content (AvgIpc) is 2.48. The zero-order valence-electron chi connectivity index (χ0n) is 8.89. The second-order valence-electron chi connectivity index (χ2n) is 4.44. The zero-order valence-corrected chi connectivity index (χ0v) is 8.89. The van der Waals surface area contributed by atoms with Crippen LogP contribution in [0.3, 0.4) is 0 Å². The molecule has 1 aliphatic carbocycles. The summed E-state index contributed by atoms with van der Waals surface area (Å²) in [5.41, 5.74) is 0.638. The maximum absolute atomic E-state index is 5.53. The summed E-state index contributed by atoms with van der Waals surface area (Å²) in [4.78, 5) is 0. The lowest BCUT2D eigenvalue weighted by molar-refractivity contribution is 0.104. The molecule has 3 aliphatic rings. The molecule has 0 spiro atoms. The van der Waals surface area contributed by atoms with E-state index in [-0.39, 0.29) is 0 Å². The van der Waals surface area contributed by atoms with Crippen LogP contribution >= 0.6 is 0 Å². The summed E-state index contributed by atoms with van der Waals surface area (Å²) in [7, 11) is 0. The van der Waals surface area contributed by atoms with Crippen molar-refractivity contribution in [3.63, 3.8) is 0 Å². The number of hydrogen-bond acceptors (Lipinski definition) is 1. The molecule has 2 heterocycles. The molecular formula is C11H22O. The van der Waals surface area contributed by atoms with Crippen molar-refractivity contribution in [3.05, 3.63) is 0 Å². The van der Waals surface area contributed by atoms with Gasteiger partial charge in [-0.3, -0.25) is 0 Å². The van der Waals surface area contributed by atoms with Gasteiger partial charge in [-0.15, -0.1) is 0 Å². The Morgan fingerprint density at radius 2 is 1.92 bits per heavy atom. The summed E-state index contributed by atoms with van der Waals surface area (Å²) in [5, 5.41) is 0. The molecule has 12 heavy (non-hydrogen) atoms. The first-order chi connectivity index (χ1) is 5.70. The highest BCUT2D eigenvalue weighted by Gasteiger charge is 2.51. The van der Waals surface area contributed by atoms with Gasteiger partial charge in [0.05, 0.1) is 12.7 Å². The predicted octanol–water partition coefficient (Wildman–Crippen LogP) is 3.24. The fourth-order valence-electron chi connectivity index (χ4n) is 2.53. The van der Waals surface area contributed by atoms with E-state index >= 15 is 0 Å². The molecule has 0 radical (unpaired) electrons. The van der Waals surface area contributed by atoms with E-state index < -0.39 is 0 Å². The van der Waals surface area contributed by atoms with Crippen molar-refractivity contribution in [1.82, 2.24) is 0 Å². The third-order valence-electron chi connectivity index (χ3n) is 2.79. The van der Waals surface area contributed by atoms with Gasteiger partial charge in [0, 0.05) is 0 Å². The molecule has 1 heteroatoms. The maximum Gasteiger partial charge on any atom is 0.0587 e. The van der Waals surface area contributed by atoms with E-state index in [1.165, 1.54) is 19.3 Å². The van der Waals surface area contributed by atoms with E-state index in [1.54, 1.807) is 0 Å². The molecule has 1 saturated carbocycles. The predicted molar refractivity (Wildman–Crippen MR) is 52.2 cm³/mol. The van der Waals surface area contributed by atoms with Gasteiger partial charge in [-0.05, 0) is 30.6 Å². The van der Waals surface area contributed by atoms with Gasteiger partial charge in [0.25, 0.3) is 0 Å². The number of hydrogen-bond donors (Lipinski definition) is 0. The van der Waals surface area contributed by atoms with Crippen LogP contribution in [0.15, 0.2) is 0 Å². The summed E-state index contributed by atoms with van der Waals surface area (Å²) >= 11 is 0. The first kappa shape index (κ1) is 10.0.